The molecule has 90 valence electrons. The normalized spacial score (nSPS) is 17.8. The van der Waals surface area contributed by atoms with Gasteiger partial charge in [0.25, 0.3) is 0 Å². The van der Waals surface area contributed by atoms with Crippen molar-refractivity contribution >= 4 is 23.2 Å². The van der Waals surface area contributed by atoms with Gasteiger partial charge in [-0.2, -0.15) is 0 Å². The van der Waals surface area contributed by atoms with Crippen LogP contribution in [0, 0.1) is 5.92 Å². The summed E-state index contributed by atoms with van der Waals surface area (Å²) < 4.78 is 5.05. The third kappa shape index (κ3) is 1.68. The van der Waals surface area contributed by atoms with E-state index < -0.39 is 5.92 Å². The maximum Gasteiger partial charge on any atom is 0.209 e. The highest BCUT2D eigenvalue weighted by Gasteiger charge is 2.37. The average Bonchev–Trinajstić information content (AvgIpc) is 2.97. The number of rotatable bonds is 2. The molecule has 1 unspecified atom stereocenters. The van der Waals surface area contributed by atoms with Crippen molar-refractivity contribution in [2.75, 3.05) is 0 Å². The van der Waals surface area contributed by atoms with Crippen LogP contribution < -0.4 is 0 Å². The molecule has 1 atom stereocenters. The minimum absolute atomic E-state index is 0.150. The van der Waals surface area contributed by atoms with E-state index >= 15 is 0 Å². The van der Waals surface area contributed by atoms with E-state index in [4.69, 9.17) is 16.0 Å². The summed E-state index contributed by atoms with van der Waals surface area (Å²) >= 11 is 5.88. The van der Waals surface area contributed by atoms with Crippen LogP contribution in [0.4, 0.5) is 0 Å². The van der Waals surface area contributed by atoms with E-state index in [1.807, 2.05) is 0 Å². The molecule has 1 aromatic carbocycles. The molecule has 1 heterocycles. The first-order chi connectivity index (χ1) is 8.66. The molecule has 0 aliphatic heterocycles. The summed E-state index contributed by atoms with van der Waals surface area (Å²) in [6.45, 7) is 0. The molecule has 1 aromatic heterocycles. The zero-order chi connectivity index (χ0) is 12.7. The summed E-state index contributed by atoms with van der Waals surface area (Å²) in [5.41, 5.74) is 1.42. The molecule has 0 fully saturated rings. The van der Waals surface area contributed by atoms with Crippen molar-refractivity contribution in [3.63, 3.8) is 0 Å². The Morgan fingerprint density at radius 1 is 1.33 bits per heavy atom. The van der Waals surface area contributed by atoms with Crippen LogP contribution in [-0.4, -0.2) is 11.6 Å². The van der Waals surface area contributed by atoms with Crippen molar-refractivity contribution < 1.29 is 14.0 Å². The van der Waals surface area contributed by atoms with E-state index in [9.17, 15) is 9.59 Å². The van der Waals surface area contributed by atoms with Gasteiger partial charge < -0.3 is 4.42 Å². The van der Waals surface area contributed by atoms with Crippen LogP contribution in [0.15, 0.2) is 41.0 Å². The van der Waals surface area contributed by atoms with Crippen molar-refractivity contribution in [2.45, 2.75) is 6.42 Å². The number of halogens is 1. The smallest absolute Gasteiger partial charge is 0.209 e. The van der Waals surface area contributed by atoms with Crippen LogP contribution in [0.25, 0.3) is 0 Å². The number of carbonyl (C=O) groups excluding carboxylic acids is 2. The number of benzene rings is 1. The predicted octanol–water partition coefficient (Wildman–Crippen LogP) is 3.17. The Morgan fingerprint density at radius 2 is 2.17 bits per heavy atom. The van der Waals surface area contributed by atoms with Gasteiger partial charge in [-0.25, -0.2) is 0 Å². The zero-order valence-electron chi connectivity index (χ0n) is 9.35. The Balaban J connectivity index is 1.95. The Bertz CT molecular complexity index is 628. The van der Waals surface area contributed by atoms with Gasteiger partial charge in [-0.05, 0) is 42.3 Å². The fourth-order valence-corrected chi connectivity index (χ4v) is 2.47. The average molecular weight is 261 g/mol. The Morgan fingerprint density at radius 3 is 2.89 bits per heavy atom. The third-order valence-electron chi connectivity index (χ3n) is 3.15. The Hall–Kier alpha value is -1.87. The van der Waals surface area contributed by atoms with Crippen molar-refractivity contribution in [3.8, 4) is 0 Å². The lowest BCUT2D eigenvalue weighted by Crippen LogP contribution is -2.20. The summed E-state index contributed by atoms with van der Waals surface area (Å²) in [6.07, 6.45) is 1.82. The topological polar surface area (TPSA) is 47.3 Å². The van der Waals surface area contributed by atoms with Crippen molar-refractivity contribution in [1.29, 1.82) is 0 Å². The van der Waals surface area contributed by atoms with E-state index in [1.165, 1.54) is 6.26 Å². The van der Waals surface area contributed by atoms with Gasteiger partial charge >= 0.3 is 0 Å². The molecule has 4 heteroatoms. The quantitative estimate of drug-likeness (QED) is 0.615. The monoisotopic (exact) mass is 260 g/mol. The Kier molecular flexibility index (Phi) is 2.56. The number of carbonyl (C=O) groups is 2. The maximum absolute atomic E-state index is 12.1. The number of Topliss-reactive ketones (excluding diaryl/α,β-unsaturated/α-hetero) is 2. The minimum atomic E-state index is -0.676. The van der Waals surface area contributed by atoms with Crippen molar-refractivity contribution in [3.05, 3.63) is 58.5 Å². The van der Waals surface area contributed by atoms with Crippen LogP contribution in [-0.2, 0) is 6.42 Å². The second kappa shape index (κ2) is 4.10. The molecular weight excluding hydrogens is 252 g/mol. The van der Waals surface area contributed by atoms with Gasteiger partial charge in [0.1, 0.15) is 0 Å². The summed E-state index contributed by atoms with van der Waals surface area (Å²) in [6, 6.07) is 8.29. The van der Waals surface area contributed by atoms with Gasteiger partial charge in [-0.3, -0.25) is 9.59 Å². The number of ketones is 2. The lowest BCUT2D eigenvalue weighted by molar-refractivity contribution is 0.0804. The number of hydrogen-bond donors (Lipinski definition) is 0. The van der Waals surface area contributed by atoms with Gasteiger partial charge in [0.15, 0.2) is 11.5 Å². The third-order valence-corrected chi connectivity index (χ3v) is 3.39. The van der Waals surface area contributed by atoms with Crippen molar-refractivity contribution in [1.82, 2.24) is 0 Å². The molecule has 0 saturated heterocycles. The summed E-state index contributed by atoms with van der Waals surface area (Å²) in [4.78, 5) is 24.3. The number of fused-ring (bicyclic) bond motifs is 1. The molecule has 3 rings (SSSR count). The van der Waals surface area contributed by atoms with Crippen LogP contribution >= 0.6 is 11.6 Å². The zero-order valence-corrected chi connectivity index (χ0v) is 10.1. The van der Waals surface area contributed by atoms with Crippen LogP contribution in [0.3, 0.4) is 0 Å². The fourth-order valence-electron chi connectivity index (χ4n) is 2.27. The van der Waals surface area contributed by atoms with E-state index in [0.717, 1.165) is 5.56 Å². The highest BCUT2D eigenvalue weighted by atomic mass is 35.5. The first-order valence-corrected chi connectivity index (χ1v) is 5.95. The molecule has 0 bridgehead atoms. The van der Waals surface area contributed by atoms with Gasteiger partial charge in [0.05, 0.1) is 12.2 Å². The van der Waals surface area contributed by atoms with Gasteiger partial charge in [0.2, 0.25) is 5.78 Å². The summed E-state index contributed by atoms with van der Waals surface area (Å²) in [5, 5.41) is 0.577. The first-order valence-electron chi connectivity index (χ1n) is 5.57. The molecule has 1 aliphatic rings. The number of hydrogen-bond acceptors (Lipinski definition) is 3. The fraction of sp³-hybridized carbons (Fsp3) is 0.143. The van der Waals surface area contributed by atoms with Crippen molar-refractivity contribution in [2.24, 2.45) is 5.92 Å². The Labute approximate surface area is 108 Å². The predicted molar refractivity (Wildman–Crippen MR) is 66.0 cm³/mol. The highest BCUT2D eigenvalue weighted by Crippen LogP contribution is 2.31. The molecule has 0 saturated carbocycles. The molecule has 0 spiro atoms. The molecule has 0 amide bonds. The molecule has 0 N–H and O–H groups in total. The standard InChI is InChI=1S/C14H9ClO3/c15-9-3-4-10-8(6-9)7-11(13(10)16)14(17)12-2-1-5-18-12/h1-6,11H,7H2. The lowest BCUT2D eigenvalue weighted by atomic mass is 9.98. The second-order valence-electron chi connectivity index (χ2n) is 4.26. The molecule has 2 aromatic rings. The second-order valence-corrected chi connectivity index (χ2v) is 4.70. The van der Waals surface area contributed by atoms with Gasteiger partial charge in [-0.1, -0.05) is 11.6 Å². The molecule has 3 nitrogen and oxygen atoms in total. The van der Waals surface area contributed by atoms with E-state index in [-0.39, 0.29) is 17.3 Å². The summed E-state index contributed by atoms with van der Waals surface area (Å²) in [5.74, 6) is -0.864. The highest BCUT2D eigenvalue weighted by molar-refractivity contribution is 6.31. The summed E-state index contributed by atoms with van der Waals surface area (Å²) in [7, 11) is 0. The van der Waals surface area contributed by atoms with Crippen LogP contribution in [0.2, 0.25) is 5.02 Å². The molecule has 1 aliphatic carbocycles. The van der Waals surface area contributed by atoms with E-state index in [2.05, 4.69) is 0 Å². The molecule has 0 radical (unpaired) electrons. The molecular formula is C14H9ClO3. The van der Waals surface area contributed by atoms with E-state index in [1.54, 1.807) is 30.3 Å². The molecule has 18 heavy (non-hydrogen) atoms. The first kappa shape index (κ1) is 11.2. The maximum atomic E-state index is 12.1. The lowest BCUT2D eigenvalue weighted by Gasteiger charge is -2.03. The van der Waals surface area contributed by atoms with Gasteiger partial charge in [0, 0.05) is 10.6 Å². The van der Waals surface area contributed by atoms with Gasteiger partial charge in [-0.15, -0.1) is 0 Å². The SMILES string of the molecule is O=C(c1ccco1)C1Cc2cc(Cl)ccc2C1=O. The number of furan rings is 1. The van der Waals surface area contributed by atoms with Crippen LogP contribution in [0.1, 0.15) is 26.5 Å². The van der Waals surface area contributed by atoms with Crippen LogP contribution in [0.5, 0.6) is 0 Å². The minimum Gasteiger partial charge on any atom is -0.461 e. The van der Waals surface area contributed by atoms with E-state index in [0.29, 0.717) is 17.0 Å². The largest absolute Gasteiger partial charge is 0.461 e.